The molecule has 1 saturated heterocycles. The van der Waals surface area contributed by atoms with E-state index in [4.69, 9.17) is 19.6 Å². The molecule has 1 fully saturated rings. The number of benzene rings is 1. The summed E-state index contributed by atoms with van der Waals surface area (Å²) >= 11 is 0. The quantitative estimate of drug-likeness (QED) is 0.598. The Balaban J connectivity index is 1.77. The van der Waals surface area contributed by atoms with Crippen molar-refractivity contribution in [2.75, 3.05) is 25.6 Å². The lowest BCUT2D eigenvalue weighted by atomic mass is 10.1. The van der Waals surface area contributed by atoms with Crippen LogP contribution in [0.3, 0.4) is 0 Å². The van der Waals surface area contributed by atoms with Gasteiger partial charge in [0.15, 0.2) is 23.0 Å². The summed E-state index contributed by atoms with van der Waals surface area (Å²) < 4.78 is 44.3. The van der Waals surface area contributed by atoms with E-state index in [9.17, 15) is 18.4 Å². The first kappa shape index (κ1) is 21.4. The van der Waals surface area contributed by atoms with Crippen LogP contribution < -0.4 is 15.8 Å². The third kappa shape index (κ3) is 4.02. The van der Waals surface area contributed by atoms with Crippen molar-refractivity contribution in [3.63, 3.8) is 0 Å². The molecule has 2 aromatic heterocycles. The first-order valence-corrected chi connectivity index (χ1v) is 9.57. The normalized spacial score (nSPS) is 15.5. The maximum atomic E-state index is 14.3. The molecule has 3 aromatic rings. The molecular formula is C21H18F2N4O5. The van der Waals surface area contributed by atoms with Crippen LogP contribution in [0.1, 0.15) is 39.2 Å². The van der Waals surface area contributed by atoms with Crippen LogP contribution >= 0.6 is 0 Å². The number of nitrogens with two attached hydrogens (primary N) is 1. The number of ether oxygens (including phenoxy) is 2. The van der Waals surface area contributed by atoms with E-state index in [1.54, 1.807) is 0 Å². The molecule has 166 valence electrons. The van der Waals surface area contributed by atoms with Crippen molar-refractivity contribution in [1.82, 2.24) is 9.97 Å². The second-order valence-electron chi connectivity index (χ2n) is 6.98. The summed E-state index contributed by atoms with van der Waals surface area (Å²) in [5.41, 5.74) is 5.25. The average Bonchev–Trinajstić information content (AvgIpc) is 3.45. The van der Waals surface area contributed by atoms with Crippen LogP contribution in [-0.4, -0.2) is 42.1 Å². The molecule has 1 unspecified atom stereocenters. The summed E-state index contributed by atoms with van der Waals surface area (Å²) in [5, 5.41) is 2.58. The van der Waals surface area contributed by atoms with Gasteiger partial charge in [0.1, 0.15) is 5.69 Å². The van der Waals surface area contributed by atoms with E-state index in [1.807, 2.05) is 0 Å². The van der Waals surface area contributed by atoms with Crippen LogP contribution in [0.4, 0.5) is 14.5 Å². The van der Waals surface area contributed by atoms with E-state index in [0.29, 0.717) is 19.6 Å². The lowest BCUT2D eigenvalue weighted by molar-refractivity contribution is 0.0991. The van der Waals surface area contributed by atoms with E-state index < -0.39 is 29.2 Å². The number of amides is 2. The van der Waals surface area contributed by atoms with Crippen LogP contribution in [0.5, 0.6) is 5.75 Å². The van der Waals surface area contributed by atoms with Gasteiger partial charge in [-0.05, 0) is 30.7 Å². The lowest BCUT2D eigenvalue weighted by Crippen LogP contribution is -2.16. The molecule has 4 rings (SSSR count). The monoisotopic (exact) mass is 444 g/mol. The molecule has 1 aliphatic rings. The van der Waals surface area contributed by atoms with Gasteiger partial charge in [-0.15, -0.1) is 0 Å². The Kier molecular flexibility index (Phi) is 5.82. The van der Waals surface area contributed by atoms with Gasteiger partial charge in [-0.25, -0.2) is 9.37 Å². The minimum Gasteiger partial charge on any atom is -0.493 e. The van der Waals surface area contributed by atoms with Gasteiger partial charge in [-0.2, -0.15) is 4.39 Å². The largest absolute Gasteiger partial charge is 0.493 e. The highest BCUT2D eigenvalue weighted by Crippen LogP contribution is 2.38. The molecular weight excluding hydrogens is 426 g/mol. The van der Waals surface area contributed by atoms with Crippen molar-refractivity contribution in [2.45, 2.75) is 12.3 Å². The molecule has 2 amide bonds. The second-order valence-corrected chi connectivity index (χ2v) is 6.98. The van der Waals surface area contributed by atoms with Crippen molar-refractivity contribution >= 4 is 17.5 Å². The highest BCUT2D eigenvalue weighted by atomic mass is 19.2. The van der Waals surface area contributed by atoms with Gasteiger partial charge in [0.25, 0.3) is 11.8 Å². The van der Waals surface area contributed by atoms with Crippen molar-refractivity contribution in [2.24, 2.45) is 5.73 Å². The molecule has 1 atom stereocenters. The Bertz CT molecular complexity index is 1190. The Morgan fingerprint density at radius 3 is 2.78 bits per heavy atom. The van der Waals surface area contributed by atoms with Gasteiger partial charge in [0.2, 0.25) is 11.7 Å². The zero-order valence-electron chi connectivity index (χ0n) is 16.9. The number of nitrogens with one attached hydrogen (secondary N) is 1. The van der Waals surface area contributed by atoms with Gasteiger partial charge in [0.05, 0.1) is 25.2 Å². The van der Waals surface area contributed by atoms with Crippen LogP contribution in [0, 0.1) is 11.6 Å². The average molecular weight is 444 g/mol. The number of carbonyl (C=O) groups is 2. The SMILES string of the molecule is COc1c(-c2oc(C3CCOC3)nc2C(=O)Nc2ccnc(C(N)=O)c2)ccc(F)c1F. The number of halogens is 2. The Morgan fingerprint density at radius 2 is 2.09 bits per heavy atom. The fourth-order valence-electron chi connectivity index (χ4n) is 3.32. The van der Waals surface area contributed by atoms with Gasteiger partial charge in [-0.3, -0.25) is 14.6 Å². The zero-order valence-corrected chi connectivity index (χ0v) is 16.9. The number of rotatable bonds is 6. The molecule has 3 heterocycles. The van der Waals surface area contributed by atoms with Crippen molar-refractivity contribution < 1.29 is 32.3 Å². The number of methoxy groups -OCH3 is 1. The number of primary amides is 1. The summed E-state index contributed by atoms with van der Waals surface area (Å²) in [6.45, 7) is 0.855. The maximum absolute atomic E-state index is 14.3. The number of anilines is 1. The molecule has 1 aromatic carbocycles. The maximum Gasteiger partial charge on any atom is 0.278 e. The number of aromatic nitrogens is 2. The molecule has 9 nitrogen and oxygen atoms in total. The standard InChI is InChI=1S/C21H18F2N4O5/c1-30-17-12(2-3-13(22)15(17)23)18-16(27-21(32-18)10-5-7-31-9-10)20(29)26-11-4-6-25-14(8-11)19(24)28/h2-4,6,8,10H,5,7,9H2,1H3,(H2,24,28)(H,25,26,29). The van der Waals surface area contributed by atoms with Crippen molar-refractivity contribution in [3.8, 4) is 17.1 Å². The minimum absolute atomic E-state index is 0.0155. The van der Waals surface area contributed by atoms with Crippen LogP contribution in [-0.2, 0) is 4.74 Å². The van der Waals surface area contributed by atoms with Gasteiger partial charge >= 0.3 is 0 Å². The third-order valence-electron chi connectivity index (χ3n) is 4.91. The molecule has 0 radical (unpaired) electrons. The Morgan fingerprint density at radius 1 is 1.28 bits per heavy atom. The summed E-state index contributed by atoms with van der Waals surface area (Å²) in [4.78, 5) is 32.5. The second kappa shape index (κ2) is 8.71. The minimum atomic E-state index is -1.22. The van der Waals surface area contributed by atoms with Crippen LogP contribution in [0.15, 0.2) is 34.9 Å². The third-order valence-corrected chi connectivity index (χ3v) is 4.91. The summed E-state index contributed by atoms with van der Waals surface area (Å²) in [7, 11) is 1.17. The first-order valence-electron chi connectivity index (χ1n) is 9.57. The number of hydrogen-bond donors (Lipinski definition) is 2. The fraction of sp³-hybridized carbons (Fsp3) is 0.238. The number of carbonyl (C=O) groups excluding carboxylic acids is 2. The van der Waals surface area contributed by atoms with E-state index >= 15 is 0 Å². The molecule has 0 bridgehead atoms. The van der Waals surface area contributed by atoms with Crippen LogP contribution in [0.2, 0.25) is 0 Å². The predicted molar refractivity (Wildman–Crippen MR) is 107 cm³/mol. The van der Waals surface area contributed by atoms with Gasteiger partial charge < -0.3 is 24.9 Å². The summed E-state index contributed by atoms with van der Waals surface area (Å²) in [6, 6.07) is 4.89. The zero-order chi connectivity index (χ0) is 22.8. The van der Waals surface area contributed by atoms with Crippen molar-refractivity contribution in [3.05, 3.63) is 59.4 Å². The summed E-state index contributed by atoms with van der Waals surface area (Å²) in [5.74, 6) is -4.31. The molecule has 32 heavy (non-hydrogen) atoms. The highest BCUT2D eigenvalue weighted by molar-refractivity contribution is 6.07. The Hall–Kier alpha value is -3.86. The number of hydrogen-bond acceptors (Lipinski definition) is 7. The smallest absolute Gasteiger partial charge is 0.278 e. The first-order chi connectivity index (χ1) is 15.4. The highest BCUT2D eigenvalue weighted by Gasteiger charge is 2.30. The number of nitrogens with zero attached hydrogens (tertiary/aromatic N) is 2. The number of pyridine rings is 1. The molecule has 0 saturated carbocycles. The fourth-order valence-corrected chi connectivity index (χ4v) is 3.32. The number of oxazole rings is 1. The van der Waals surface area contributed by atoms with E-state index in [2.05, 4.69) is 15.3 Å². The molecule has 3 N–H and O–H groups in total. The molecule has 1 aliphatic heterocycles. The topological polar surface area (TPSA) is 130 Å². The summed E-state index contributed by atoms with van der Waals surface area (Å²) in [6.07, 6.45) is 1.93. The molecule has 0 spiro atoms. The van der Waals surface area contributed by atoms with E-state index in [0.717, 1.165) is 6.07 Å². The van der Waals surface area contributed by atoms with Crippen LogP contribution in [0.25, 0.3) is 11.3 Å². The predicted octanol–water partition coefficient (Wildman–Crippen LogP) is 2.88. The Labute approximate surface area is 180 Å². The van der Waals surface area contributed by atoms with Gasteiger partial charge in [-0.1, -0.05) is 0 Å². The van der Waals surface area contributed by atoms with E-state index in [-0.39, 0.29) is 40.2 Å². The van der Waals surface area contributed by atoms with Gasteiger partial charge in [0, 0.05) is 18.5 Å². The molecule has 11 heteroatoms. The molecule has 0 aliphatic carbocycles. The van der Waals surface area contributed by atoms with E-state index in [1.165, 1.54) is 31.5 Å². The lowest BCUT2D eigenvalue weighted by Gasteiger charge is -2.09. The van der Waals surface area contributed by atoms with Crippen molar-refractivity contribution in [1.29, 1.82) is 0 Å².